The summed E-state index contributed by atoms with van der Waals surface area (Å²) in [5.41, 5.74) is 1.65. The topological polar surface area (TPSA) is 91.2 Å². The van der Waals surface area contributed by atoms with Crippen LogP contribution in [0.5, 0.6) is 5.75 Å². The number of ether oxygens (including phenoxy) is 1. The number of hydrogen-bond acceptors (Lipinski definition) is 4. The van der Waals surface area contributed by atoms with E-state index in [9.17, 15) is 9.59 Å². The monoisotopic (exact) mass is 335 g/mol. The minimum absolute atomic E-state index is 0.254. The third-order valence-corrected chi connectivity index (χ3v) is 3.25. The van der Waals surface area contributed by atoms with Gasteiger partial charge in [0.1, 0.15) is 12.2 Å². The number of benzene rings is 2. The maximum Gasteiger partial charge on any atom is 0.248 e. The molecule has 2 aromatic carbocycles. The maximum atomic E-state index is 12.1. The van der Waals surface area contributed by atoms with Gasteiger partial charge in [0.05, 0.1) is 24.6 Å². The molecule has 0 aliphatic carbocycles. The van der Waals surface area contributed by atoms with E-state index in [4.69, 9.17) is 10.00 Å². The molecule has 126 valence electrons. The highest BCUT2D eigenvalue weighted by atomic mass is 16.5. The van der Waals surface area contributed by atoms with E-state index in [0.717, 1.165) is 5.56 Å². The lowest BCUT2D eigenvalue weighted by molar-refractivity contribution is -0.115. The molecule has 0 aliphatic rings. The van der Waals surface area contributed by atoms with Gasteiger partial charge >= 0.3 is 0 Å². The molecule has 0 aromatic heterocycles. The molecule has 25 heavy (non-hydrogen) atoms. The van der Waals surface area contributed by atoms with Gasteiger partial charge in [0.25, 0.3) is 0 Å². The van der Waals surface area contributed by atoms with Gasteiger partial charge in [-0.05, 0) is 24.3 Å². The fourth-order valence-corrected chi connectivity index (χ4v) is 2.11. The van der Waals surface area contributed by atoms with Crippen molar-refractivity contribution in [3.05, 3.63) is 60.2 Å². The first kappa shape index (κ1) is 17.8. The van der Waals surface area contributed by atoms with E-state index in [1.807, 2.05) is 18.2 Å². The number of carbonyl (C=O) groups is 2. The molecule has 0 aliphatic heterocycles. The first-order chi connectivity index (χ1) is 12.1. The lowest BCUT2D eigenvalue weighted by atomic mass is 10.2. The van der Waals surface area contributed by atoms with Crippen LogP contribution in [0.15, 0.2) is 54.6 Å². The molecule has 0 saturated carbocycles. The Morgan fingerprint density at radius 1 is 1.08 bits per heavy atom. The van der Waals surface area contributed by atoms with E-state index in [0.29, 0.717) is 17.1 Å². The minimum atomic E-state index is -0.436. The Morgan fingerprint density at radius 3 is 2.40 bits per heavy atom. The second-order valence-corrected chi connectivity index (χ2v) is 4.99. The molecular formula is C19H17N3O3. The molecule has 2 rings (SSSR count). The standard InChI is InChI=1S/C19H17N3O3/c1-25-17-9-5-2-6-14(17)10-11-18(23)21-15-7-3-4-8-16(15)22-19(24)12-13-20/h2-11H,12H2,1H3,(H,21,23)(H,22,24)/b11-10+. The second kappa shape index (κ2) is 8.89. The van der Waals surface area contributed by atoms with Gasteiger partial charge in [-0.3, -0.25) is 9.59 Å². The van der Waals surface area contributed by atoms with Gasteiger partial charge < -0.3 is 15.4 Å². The summed E-state index contributed by atoms with van der Waals surface area (Å²) >= 11 is 0. The molecule has 0 atom stereocenters. The molecular weight excluding hydrogens is 318 g/mol. The van der Waals surface area contributed by atoms with Crippen molar-refractivity contribution < 1.29 is 14.3 Å². The Morgan fingerprint density at radius 2 is 1.72 bits per heavy atom. The number of nitriles is 1. The van der Waals surface area contributed by atoms with Gasteiger partial charge in [0.15, 0.2) is 0 Å². The number of nitrogens with one attached hydrogen (secondary N) is 2. The van der Waals surface area contributed by atoms with Gasteiger partial charge in [-0.2, -0.15) is 5.26 Å². The largest absolute Gasteiger partial charge is 0.496 e. The molecule has 0 heterocycles. The van der Waals surface area contributed by atoms with Gasteiger partial charge in [0, 0.05) is 11.6 Å². The zero-order chi connectivity index (χ0) is 18.1. The summed E-state index contributed by atoms with van der Waals surface area (Å²) in [6.45, 7) is 0. The van der Waals surface area contributed by atoms with E-state index in [1.54, 1.807) is 49.6 Å². The number of nitrogens with zero attached hydrogens (tertiary/aromatic N) is 1. The molecule has 2 amide bonds. The van der Waals surface area contributed by atoms with Crippen molar-refractivity contribution in [2.45, 2.75) is 6.42 Å². The number of para-hydroxylation sites is 3. The van der Waals surface area contributed by atoms with Crippen molar-refractivity contribution in [3.63, 3.8) is 0 Å². The fraction of sp³-hybridized carbons (Fsp3) is 0.105. The molecule has 0 radical (unpaired) electrons. The van der Waals surface area contributed by atoms with Crippen LogP contribution in [0.25, 0.3) is 6.08 Å². The van der Waals surface area contributed by atoms with Crippen LogP contribution < -0.4 is 15.4 Å². The van der Waals surface area contributed by atoms with Crippen LogP contribution in [0.3, 0.4) is 0 Å². The highest BCUT2D eigenvalue weighted by Crippen LogP contribution is 2.22. The van der Waals surface area contributed by atoms with Crippen LogP contribution >= 0.6 is 0 Å². The molecule has 2 N–H and O–H groups in total. The molecule has 0 fully saturated rings. The van der Waals surface area contributed by atoms with Gasteiger partial charge in [-0.1, -0.05) is 30.3 Å². The Labute approximate surface area is 145 Å². The molecule has 0 spiro atoms. The zero-order valence-electron chi connectivity index (χ0n) is 13.7. The summed E-state index contributed by atoms with van der Waals surface area (Å²) in [5.74, 6) is -0.127. The number of amides is 2. The van der Waals surface area contributed by atoms with Crippen LogP contribution in [0.2, 0.25) is 0 Å². The van der Waals surface area contributed by atoms with Crippen molar-refractivity contribution >= 4 is 29.3 Å². The summed E-state index contributed by atoms with van der Waals surface area (Å²) in [4.78, 5) is 23.7. The Balaban J connectivity index is 2.09. The minimum Gasteiger partial charge on any atom is -0.496 e. The SMILES string of the molecule is COc1ccccc1/C=C/C(=O)Nc1ccccc1NC(=O)CC#N. The van der Waals surface area contributed by atoms with E-state index >= 15 is 0 Å². The summed E-state index contributed by atoms with van der Waals surface area (Å²) in [6.07, 6.45) is 2.77. The summed E-state index contributed by atoms with van der Waals surface area (Å²) in [7, 11) is 1.56. The van der Waals surface area contributed by atoms with Gasteiger partial charge in [-0.15, -0.1) is 0 Å². The summed E-state index contributed by atoms with van der Waals surface area (Å²) < 4.78 is 5.22. The number of hydrogen-bond donors (Lipinski definition) is 2. The van der Waals surface area contributed by atoms with E-state index in [1.165, 1.54) is 6.08 Å². The second-order valence-electron chi connectivity index (χ2n) is 4.99. The van der Waals surface area contributed by atoms with Gasteiger partial charge in [-0.25, -0.2) is 0 Å². The predicted octanol–water partition coefficient (Wildman–Crippen LogP) is 3.20. The Bertz CT molecular complexity index is 838. The molecule has 0 unspecified atom stereocenters. The van der Waals surface area contributed by atoms with E-state index < -0.39 is 5.91 Å². The number of rotatable bonds is 6. The zero-order valence-corrected chi connectivity index (χ0v) is 13.7. The normalized spacial score (nSPS) is 10.1. The van der Waals surface area contributed by atoms with Crippen molar-refractivity contribution in [2.75, 3.05) is 17.7 Å². The van der Waals surface area contributed by atoms with Crippen LogP contribution in [-0.4, -0.2) is 18.9 Å². The first-order valence-electron chi connectivity index (χ1n) is 7.52. The third-order valence-electron chi connectivity index (χ3n) is 3.25. The maximum absolute atomic E-state index is 12.1. The van der Waals surface area contributed by atoms with Crippen LogP contribution in [-0.2, 0) is 9.59 Å². The molecule has 6 nitrogen and oxygen atoms in total. The molecule has 0 bridgehead atoms. The van der Waals surface area contributed by atoms with E-state index in [-0.39, 0.29) is 12.3 Å². The number of anilines is 2. The number of methoxy groups -OCH3 is 1. The van der Waals surface area contributed by atoms with Crippen molar-refractivity contribution in [1.29, 1.82) is 5.26 Å². The van der Waals surface area contributed by atoms with Crippen LogP contribution in [0.1, 0.15) is 12.0 Å². The average molecular weight is 335 g/mol. The summed E-state index contributed by atoms with van der Waals surface area (Å²) in [6, 6.07) is 15.9. The smallest absolute Gasteiger partial charge is 0.248 e. The Kier molecular flexibility index (Phi) is 6.32. The summed E-state index contributed by atoms with van der Waals surface area (Å²) in [5, 5.41) is 13.8. The molecule has 2 aromatic rings. The quantitative estimate of drug-likeness (QED) is 0.793. The predicted molar refractivity (Wildman–Crippen MR) is 96.0 cm³/mol. The third kappa shape index (κ3) is 5.22. The molecule has 0 saturated heterocycles. The van der Waals surface area contributed by atoms with E-state index in [2.05, 4.69) is 10.6 Å². The highest BCUT2D eigenvalue weighted by molar-refractivity contribution is 6.05. The van der Waals surface area contributed by atoms with Crippen LogP contribution in [0, 0.1) is 11.3 Å². The lowest BCUT2D eigenvalue weighted by Gasteiger charge is -2.10. The number of carbonyl (C=O) groups excluding carboxylic acids is 2. The van der Waals surface area contributed by atoms with Gasteiger partial charge in [0.2, 0.25) is 11.8 Å². The highest BCUT2D eigenvalue weighted by Gasteiger charge is 2.08. The molecule has 6 heteroatoms. The van der Waals surface area contributed by atoms with Crippen molar-refractivity contribution in [3.8, 4) is 11.8 Å². The Hall–Kier alpha value is -3.59. The van der Waals surface area contributed by atoms with Crippen molar-refractivity contribution in [2.24, 2.45) is 0 Å². The van der Waals surface area contributed by atoms with Crippen molar-refractivity contribution in [1.82, 2.24) is 0 Å². The first-order valence-corrected chi connectivity index (χ1v) is 7.52. The lowest BCUT2D eigenvalue weighted by Crippen LogP contribution is -2.14. The average Bonchev–Trinajstić information content (AvgIpc) is 2.62. The van der Waals surface area contributed by atoms with Crippen LogP contribution in [0.4, 0.5) is 11.4 Å². The fourth-order valence-electron chi connectivity index (χ4n) is 2.11.